The third-order valence-electron chi connectivity index (χ3n) is 4.79. The van der Waals surface area contributed by atoms with Crippen LogP contribution in [0.15, 0.2) is 35.2 Å². The van der Waals surface area contributed by atoms with Crippen molar-refractivity contribution < 1.29 is 4.74 Å². The van der Waals surface area contributed by atoms with Crippen LogP contribution in [0.5, 0.6) is 0 Å². The van der Waals surface area contributed by atoms with Crippen molar-refractivity contribution >= 4 is 41.3 Å². The smallest absolute Gasteiger partial charge is 0.193 e. The van der Waals surface area contributed by atoms with Crippen molar-refractivity contribution in [1.29, 1.82) is 0 Å². The topological polar surface area (TPSA) is 40.1 Å². The lowest BCUT2D eigenvalue weighted by atomic mass is 10.2. The van der Waals surface area contributed by atoms with E-state index in [1.807, 2.05) is 24.5 Å². The number of guanidine groups is 1. The number of nitrogens with one attached hydrogen (secondary N) is 1. The number of hydrogen-bond acceptors (Lipinski definition) is 4. The van der Waals surface area contributed by atoms with Gasteiger partial charge in [-0.25, -0.2) is 0 Å². The Morgan fingerprint density at radius 2 is 2.19 bits per heavy atom. The molecule has 1 fully saturated rings. The summed E-state index contributed by atoms with van der Waals surface area (Å²) in [4.78, 5) is 10.6. The van der Waals surface area contributed by atoms with Gasteiger partial charge < -0.3 is 15.0 Å². The highest BCUT2D eigenvalue weighted by atomic mass is 127. The number of nitrogens with zero attached hydrogens (tertiary/aromatic N) is 3. The number of morpholine rings is 1. The molecule has 0 amide bonds. The maximum absolute atomic E-state index is 5.53. The molecule has 0 aliphatic carbocycles. The Morgan fingerprint density at radius 3 is 2.81 bits per heavy atom. The van der Waals surface area contributed by atoms with Crippen LogP contribution in [0.1, 0.15) is 36.6 Å². The summed E-state index contributed by atoms with van der Waals surface area (Å²) in [7, 11) is 3.99. The predicted octanol–water partition coefficient (Wildman–Crippen LogP) is 3.99. The van der Waals surface area contributed by atoms with Crippen LogP contribution in [0.3, 0.4) is 0 Å². The molecular formula is C20H35IN4OS. The van der Waals surface area contributed by atoms with Gasteiger partial charge in [-0.2, -0.15) is 0 Å². The third kappa shape index (κ3) is 8.50. The second-order valence-electron chi connectivity index (χ2n) is 6.67. The van der Waals surface area contributed by atoms with Crippen LogP contribution in [0.2, 0.25) is 0 Å². The SMILES string of the molecule is C=CCCCCCN(C)C(=NC)NCC(c1cccs1)N1CCOCC1.I. The van der Waals surface area contributed by atoms with Gasteiger partial charge in [-0.3, -0.25) is 9.89 Å². The highest BCUT2D eigenvalue weighted by Crippen LogP contribution is 2.25. The summed E-state index contributed by atoms with van der Waals surface area (Å²) in [6, 6.07) is 4.74. The molecule has 27 heavy (non-hydrogen) atoms. The summed E-state index contributed by atoms with van der Waals surface area (Å²) in [5.74, 6) is 0.975. The summed E-state index contributed by atoms with van der Waals surface area (Å²) in [6.45, 7) is 9.30. The van der Waals surface area contributed by atoms with Crippen LogP contribution in [0.4, 0.5) is 0 Å². The number of ether oxygens (including phenoxy) is 1. The van der Waals surface area contributed by atoms with E-state index in [0.29, 0.717) is 6.04 Å². The van der Waals surface area contributed by atoms with Crippen molar-refractivity contribution in [1.82, 2.24) is 15.1 Å². The molecule has 1 aromatic rings. The van der Waals surface area contributed by atoms with Gasteiger partial charge in [0.05, 0.1) is 19.3 Å². The van der Waals surface area contributed by atoms with E-state index in [-0.39, 0.29) is 24.0 Å². The fourth-order valence-corrected chi connectivity index (χ4v) is 4.13. The molecule has 5 nitrogen and oxygen atoms in total. The first kappa shape index (κ1) is 24.4. The number of hydrogen-bond donors (Lipinski definition) is 1. The molecule has 2 heterocycles. The molecule has 1 aromatic heterocycles. The zero-order valence-electron chi connectivity index (χ0n) is 16.7. The van der Waals surface area contributed by atoms with Crippen LogP contribution in [-0.2, 0) is 4.74 Å². The maximum atomic E-state index is 5.53. The minimum atomic E-state index is 0. The van der Waals surface area contributed by atoms with E-state index in [2.05, 4.69) is 51.2 Å². The molecule has 7 heteroatoms. The molecule has 0 spiro atoms. The Balaban J connectivity index is 0.00000364. The maximum Gasteiger partial charge on any atom is 0.193 e. The Labute approximate surface area is 185 Å². The van der Waals surface area contributed by atoms with Crippen LogP contribution in [-0.4, -0.2) is 69.2 Å². The van der Waals surface area contributed by atoms with Gasteiger partial charge in [-0.05, 0) is 30.7 Å². The van der Waals surface area contributed by atoms with Gasteiger partial charge in [0.2, 0.25) is 0 Å². The van der Waals surface area contributed by atoms with E-state index < -0.39 is 0 Å². The molecule has 2 rings (SSSR count). The summed E-state index contributed by atoms with van der Waals surface area (Å²) in [5, 5.41) is 5.75. The largest absolute Gasteiger partial charge is 0.379 e. The number of thiophene rings is 1. The van der Waals surface area contributed by atoms with Crippen molar-refractivity contribution in [3.05, 3.63) is 35.0 Å². The molecule has 0 bridgehead atoms. The Kier molecular flexibility index (Phi) is 13.0. The summed E-state index contributed by atoms with van der Waals surface area (Å²) in [6.07, 6.45) is 6.75. The number of allylic oxidation sites excluding steroid dienone is 1. The van der Waals surface area contributed by atoms with Gasteiger partial charge in [0, 0.05) is 45.2 Å². The average molecular weight is 506 g/mol. The van der Waals surface area contributed by atoms with Crippen LogP contribution >= 0.6 is 35.3 Å². The number of rotatable bonds is 10. The average Bonchev–Trinajstić information content (AvgIpc) is 3.20. The van der Waals surface area contributed by atoms with E-state index in [0.717, 1.165) is 51.8 Å². The van der Waals surface area contributed by atoms with Crippen molar-refractivity contribution in [2.24, 2.45) is 4.99 Å². The first-order chi connectivity index (χ1) is 12.8. The first-order valence-corrected chi connectivity index (χ1v) is 10.5. The summed E-state index contributed by atoms with van der Waals surface area (Å²) >= 11 is 1.83. The van der Waals surface area contributed by atoms with Crippen molar-refractivity contribution in [3.63, 3.8) is 0 Å². The van der Waals surface area contributed by atoms with Crippen molar-refractivity contribution in [2.45, 2.75) is 31.7 Å². The van der Waals surface area contributed by atoms with Gasteiger partial charge in [0.15, 0.2) is 5.96 Å². The Hall–Kier alpha value is -0.640. The molecule has 1 unspecified atom stereocenters. The van der Waals surface area contributed by atoms with E-state index in [4.69, 9.17) is 4.74 Å². The third-order valence-corrected chi connectivity index (χ3v) is 5.76. The quantitative estimate of drug-likeness (QED) is 0.171. The number of unbranched alkanes of at least 4 members (excludes halogenated alkanes) is 3. The lowest BCUT2D eigenvalue weighted by Crippen LogP contribution is -2.46. The molecule has 1 N–H and O–H groups in total. The summed E-state index contributed by atoms with van der Waals surface area (Å²) in [5.41, 5.74) is 0. The van der Waals surface area contributed by atoms with Crippen LogP contribution < -0.4 is 5.32 Å². The van der Waals surface area contributed by atoms with Crippen LogP contribution in [0, 0.1) is 0 Å². The first-order valence-electron chi connectivity index (χ1n) is 9.64. The number of halogens is 1. The van der Waals surface area contributed by atoms with Gasteiger partial charge in [0.1, 0.15) is 0 Å². The molecule has 1 atom stereocenters. The zero-order chi connectivity index (χ0) is 18.6. The lowest BCUT2D eigenvalue weighted by Gasteiger charge is -2.35. The standard InChI is InChI=1S/C20H34N4OS.HI/c1-4-5-6-7-8-11-23(3)20(21-2)22-17-18(19-10-9-16-26-19)24-12-14-25-15-13-24;/h4,9-10,16,18H,1,5-8,11-15,17H2,2-3H3,(H,21,22);1H. The fraction of sp³-hybridized carbons (Fsp3) is 0.650. The molecule has 0 radical (unpaired) electrons. The van der Waals surface area contributed by atoms with E-state index in [1.54, 1.807) is 0 Å². The predicted molar refractivity (Wildman–Crippen MR) is 128 cm³/mol. The minimum Gasteiger partial charge on any atom is -0.379 e. The van der Waals surface area contributed by atoms with Gasteiger partial charge >= 0.3 is 0 Å². The van der Waals surface area contributed by atoms with Crippen LogP contribution in [0.25, 0.3) is 0 Å². The minimum absolute atomic E-state index is 0. The van der Waals surface area contributed by atoms with E-state index in [1.165, 1.54) is 24.1 Å². The lowest BCUT2D eigenvalue weighted by molar-refractivity contribution is 0.0176. The highest BCUT2D eigenvalue weighted by molar-refractivity contribution is 14.0. The molecular weight excluding hydrogens is 471 g/mol. The van der Waals surface area contributed by atoms with E-state index in [9.17, 15) is 0 Å². The van der Waals surface area contributed by atoms with E-state index >= 15 is 0 Å². The van der Waals surface area contributed by atoms with Gasteiger partial charge in [-0.1, -0.05) is 18.6 Å². The normalized spacial score (nSPS) is 16.4. The molecule has 0 saturated carbocycles. The highest BCUT2D eigenvalue weighted by Gasteiger charge is 2.24. The van der Waals surface area contributed by atoms with Gasteiger partial charge in [-0.15, -0.1) is 41.9 Å². The Bertz CT molecular complexity index is 532. The zero-order valence-corrected chi connectivity index (χ0v) is 19.9. The summed E-state index contributed by atoms with van der Waals surface area (Å²) < 4.78 is 5.53. The molecule has 1 aliphatic heterocycles. The fourth-order valence-electron chi connectivity index (χ4n) is 3.27. The monoisotopic (exact) mass is 506 g/mol. The number of aliphatic imine (C=N–C) groups is 1. The van der Waals surface area contributed by atoms with Crippen molar-refractivity contribution in [3.8, 4) is 0 Å². The van der Waals surface area contributed by atoms with Crippen molar-refractivity contribution in [2.75, 3.05) is 53.5 Å². The second-order valence-corrected chi connectivity index (χ2v) is 7.65. The Morgan fingerprint density at radius 1 is 1.41 bits per heavy atom. The molecule has 0 aromatic carbocycles. The molecule has 1 aliphatic rings. The molecule has 1 saturated heterocycles. The second kappa shape index (κ2) is 14.4. The van der Waals surface area contributed by atoms with Gasteiger partial charge in [0.25, 0.3) is 0 Å². The molecule has 154 valence electrons.